The summed E-state index contributed by atoms with van der Waals surface area (Å²) in [5.41, 5.74) is 4.61. The summed E-state index contributed by atoms with van der Waals surface area (Å²) in [6.45, 7) is 4.13. The van der Waals surface area contributed by atoms with Gasteiger partial charge in [-0.15, -0.1) is 0 Å². The van der Waals surface area contributed by atoms with Gasteiger partial charge in [-0.1, -0.05) is 59.7 Å². The van der Waals surface area contributed by atoms with E-state index in [2.05, 4.69) is 48.3 Å². The summed E-state index contributed by atoms with van der Waals surface area (Å²) in [6, 6.07) is 16.4. The van der Waals surface area contributed by atoms with Crippen molar-refractivity contribution in [1.29, 1.82) is 0 Å². The number of rotatable bonds is 3. The number of aryl methyl sites for hydroxylation is 2. The lowest BCUT2D eigenvalue weighted by Crippen LogP contribution is -1.82. The Morgan fingerprint density at radius 3 is 1.28 bits per heavy atom. The fourth-order valence-electron chi connectivity index (χ4n) is 1.51. The third kappa shape index (κ3) is 3.67. The first-order valence-electron chi connectivity index (χ1n) is 5.94. The number of hydrogen-bond acceptors (Lipinski definition) is 2. The Kier molecular flexibility index (Phi) is 4.02. The molecule has 0 bridgehead atoms. The van der Waals surface area contributed by atoms with Crippen molar-refractivity contribution in [3.05, 3.63) is 70.8 Å². The van der Waals surface area contributed by atoms with Gasteiger partial charge >= 0.3 is 0 Å². The fourth-order valence-corrected chi connectivity index (χ4v) is 1.51. The lowest BCUT2D eigenvalue weighted by atomic mass is 10.2. The maximum absolute atomic E-state index is 4.03. The molecule has 2 rings (SSSR count). The molecule has 2 heteroatoms. The Balaban J connectivity index is 1.98. The molecule has 0 saturated carbocycles. The van der Waals surface area contributed by atoms with E-state index >= 15 is 0 Å². The van der Waals surface area contributed by atoms with Crippen LogP contribution in [0.15, 0.2) is 58.7 Å². The summed E-state index contributed by atoms with van der Waals surface area (Å²) in [5, 5.41) is 8.07. The van der Waals surface area contributed by atoms with E-state index in [1.807, 2.05) is 24.3 Å². The van der Waals surface area contributed by atoms with Crippen LogP contribution in [0.2, 0.25) is 0 Å². The summed E-state index contributed by atoms with van der Waals surface area (Å²) in [7, 11) is 0. The Bertz CT molecular complexity index is 495. The molecule has 0 unspecified atom stereocenters. The van der Waals surface area contributed by atoms with Gasteiger partial charge in [0.05, 0.1) is 12.4 Å². The molecule has 18 heavy (non-hydrogen) atoms. The molecule has 0 saturated heterocycles. The zero-order valence-electron chi connectivity index (χ0n) is 10.7. The predicted molar refractivity (Wildman–Crippen MR) is 77.5 cm³/mol. The standard InChI is InChI=1S/C16H16N2/c1-13-3-7-15(8-4-13)11-17-18-12-16-9-5-14(2)6-10-16/h3-12H,1-2H3/b17-11+,18-12?. The first-order chi connectivity index (χ1) is 8.74. The second kappa shape index (κ2) is 5.92. The Morgan fingerprint density at radius 1 is 0.611 bits per heavy atom. The first kappa shape index (κ1) is 12.2. The minimum Gasteiger partial charge on any atom is -0.159 e. The van der Waals surface area contributed by atoms with E-state index in [0.717, 1.165) is 11.1 Å². The summed E-state index contributed by atoms with van der Waals surface area (Å²) in [6.07, 6.45) is 3.51. The van der Waals surface area contributed by atoms with Crippen LogP contribution in [0.4, 0.5) is 0 Å². The fraction of sp³-hybridized carbons (Fsp3) is 0.125. The highest BCUT2D eigenvalue weighted by Crippen LogP contribution is 2.01. The Morgan fingerprint density at radius 2 is 0.944 bits per heavy atom. The van der Waals surface area contributed by atoms with E-state index < -0.39 is 0 Å². The summed E-state index contributed by atoms with van der Waals surface area (Å²) in [4.78, 5) is 0. The first-order valence-corrected chi connectivity index (χ1v) is 5.94. The monoisotopic (exact) mass is 236 g/mol. The van der Waals surface area contributed by atoms with Crippen molar-refractivity contribution in [2.45, 2.75) is 13.8 Å². The maximum Gasteiger partial charge on any atom is 0.0568 e. The Labute approximate surface area is 108 Å². The molecular weight excluding hydrogens is 220 g/mol. The maximum atomic E-state index is 4.03. The average molecular weight is 236 g/mol. The van der Waals surface area contributed by atoms with E-state index in [-0.39, 0.29) is 0 Å². The second-order valence-corrected chi connectivity index (χ2v) is 4.31. The molecule has 0 aliphatic rings. The van der Waals surface area contributed by atoms with Crippen molar-refractivity contribution in [2.24, 2.45) is 10.2 Å². The smallest absolute Gasteiger partial charge is 0.0568 e. The molecule has 0 fully saturated rings. The van der Waals surface area contributed by atoms with Crippen molar-refractivity contribution in [2.75, 3.05) is 0 Å². The van der Waals surface area contributed by atoms with Crippen LogP contribution in [-0.4, -0.2) is 12.4 Å². The van der Waals surface area contributed by atoms with Crippen molar-refractivity contribution >= 4 is 12.4 Å². The highest BCUT2D eigenvalue weighted by atomic mass is 15.2. The van der Waals surface area contributed by atoms with Gasteiger partial charge in [-0.25, -0.2) is 0 Å². The number of hydrogen-bond donors (Lipinski definition) is 0. The van der Waals surface area contributed by atoms with E-state index in [9.17, 15) is 0 Å². The van der Waals surface area contributed by atoms with Gasteiger partial charge in [-0.3, -0.25) is 0 Å². The molecule has 0 spiro atoms. The molecule has 2 aromatic carbocycles. The molecule has 90 valence electrons. The van der Waals surface area contributed by atoms with Crippen molar-refractivity contribution in [1.82, 2.24) is 0 Å². The Hall–Kier alpha value is -2.22. The van der Waals surface area contributed by atoms with Crippen LogP contribution in [0.5, 0.6) is 0 Å². The minimum absolute atomic E-state index is 1.06. The quantitative estimate of drug-likeness (QED) is 0.572. The molecule has 0 atom stereocenters. The lowest BCUT2D eigenvalue weighted by molar-refractivity contribution is 1.26. The van der Waals surface area contributed by atoms with Gasteiger partial charge in [-0.2, -0.15) is 10.2 Å². The third-order valence-corrected chi connectivity index (χ3v) is 2.63. The zero-order valence-corrected chi connectivity index (χ0v) is 10.7. The molecule has 0 amide bonds. The highest BCUT2D eigenvalue weighted by molar-refractivity contribution is 5.82. The van der Waals surface area contributed by atoms with E-state index in [0.29, 0.717) is 0 Å². The molecular formula is C16H16N2. The van der Waals surface area contributed by atoms with Gasteiger partial charge in [0, 0.05) is 0 Å². The molecule has 0 radical (unpaired) electrons. The van der Waals surface area contributed by atoms with Crippen LogP contribution >= 0.6 is 0 Å². The van der Waals surface area contributed by atoms with Gasteiger partial charge in [0.25, 0.3) is 0 Å². The van der Waals surface area contributed by atoms with E-state index in [1.54, 1.807) is 12.4 Å². The normalized spacial score (nSPS) is 11.4. The van der Waals surface area contributed by atoms with Gasteiger partial charge in [0.15, 0.2) is 0 Å². The number of benzene rings is 2. The molecule has 0 aliphatic carbocycles. The molecule has 0 aliphatic heterocycles. The lowest BCUT2D eigenvalue weighted by Gasteiger charge is -1.93. The van der Waals surface area contributed by atoms with Crippen molar-refractivity contribution in [3.63, 3.8) is 0 Å². The summed E-state index contributed by atoms with van der Waals surface area (Å²) < 4.78 is 0. The van der Waals surface area contributed by atoms with Gasteiger partial charge in [0.2, 0.25) is 0 Å². The zero-order chi connectivity index (χ0) is 12.8. The third-order valence-electron chi connectivity index (χ3n) is 2.63. The van der Waals surface area contributed by atoms with Crippen molar-refractivity contribution in [3.8, 4) is 0 Å². The highest BCUT2D eigenvalue weighted by Gasteiger charge is 1.87. The van der Waals surface area contributed by atoms with Crippen LogP contribution in [0.25, 0.3) is 0 Å². The van der Waals surface area contributed by atoms with Crippen LogP contribution < -0.4 is 0 Å². The summed E-state index contributed by atoms with van der Waals surface area (Å²) in [5.74, 6) is 0. The topological polar surface area (TPSA) is 24.7 Å². The van der Waals surface area contributed by atoms with Crippen LogP contribution in [0.1, 0.15) is 22.3 Å². The van der Waals surface area contributed by atoms with E-state index in [1.165, 1.54) is 11.1 Å². The van der Waals surface area contributed by atoms with Crippen LogP contribution in [0, 0.1) is 13.8 Å². The predicted octanol–water partition coefficient (Wildman–Crippen LogP) is 3.76. The second-order valence-electron chi connectivity index (χ2n) is 4.31. The average Bonchev–Trinajstić information content (AvgIpc) is 2.39. The van der Waals surface area contributed by atoms with Crippen molar-refractivity contribution < 1.29 is 0 Å². The van der Waals surface area contributed by atoms with Gasteiger partial charge < -0.3 is 0 Å². The van der Waals surface area contributed by atoms with Crippen LogP contribution in [-0.2, 0) is 0 Å². The molecule has 2 nitrogen and oxygen atoms in total. The molecule has 2 aromatic rings. The van der Waals surface area contributed by atoms with E-state index in [4.69, 9.17) is 0 Å². The van der Waals surface area contributed by atoms with Crippen LogP contribution in [0.3, 0.4) is 0 Å². The molecule has 0 N–H and O–H groups in total. The SMILES string of the molecule is Cc1ccc(C=N/N=C/c2ccc(C)cc2)cc1. The van der Waals surface area contributed by atoms with Gasteiger partial charge in [0.1, 0.15) is 0 Å². The molecule has 0 heterocycles. The number of nitrogens with zero attached hydrogens (tertiary/aromatic N) is 2. The minimum atomic E-state index is 1.06. The van der Waals surface area contributed by atoms with Gasteiger partial charge in [-0.05, 0) is 25.0 Å². The molecule has 0 aromatic heterocycles. The largest absolute Gasteiger partial charge is 0.159 e. The summed E-state index contributed by atoms with van der Waals surface area (Å²) >= 11 is 0.